The smallest absolute Gasteiger partial charge is 0.315 e. The Balaban J connectivity index is 1.59. The summed E-state index contributed by atoms with van der Waals surface area (Å²) in [4.78, 5) is 14.8. The van der Waals surface area contributed by atoms with Crippen molar-refractivity contribution in [3.05, 3.63) is 102 Å². The molecule has 3 aromatic rings. The standard InChI is InChI=1S/C33H41N3O2/c1-36(2)24-25-38-30-20-18-28(19-21-30)32(27-14-8-4-9-15-27)31(26-12-6-3-7-13-26)22-23-34-33(37)35-29-16-10-5-11-17-29/h3-4,6-9,12-15,18-21,29H,5,10-11,16-17,22-25H2,1-2H3,(H2,34,35,37)/b32-31-. The second-order valence-corrected chi connectivity index (χ2v) is 10.2. The highest BCUT2D eigenvalue weighted by Gasteiger charge is 2.17. The molecule has 0 heterocycles. The fourth-order valence-corrected chi connectivity index (χ4v) is 5.02. The number of likely N-dealkylation sites (N-methyl/N-ethyl adjacent to an activating group) is 1. The molecule has 0 radical (unpaired) electrons. The van der Waals surface area contributed by atoms with E-state index in [4.69, 9.17) is 4.74 Å². The van der Waals surface area contributed by atoms with Crippen LogP contribution in [0.1, 0.15) is 55.2 Å². The number of urea groups is 1. The Bertz CT molecular complexity index is 1150. The quantitative estimate of drug-likeness (QED) is 0.285. The van der Waals surface area contributed by atoms with Crippen LogP contribution in [0.4, 0.5) is 4.79 Å². The van der Waals surface area contributed by atoms with Gasteiger partial charge in [-0.3, -0.25) is 0 Å². The zero-order valence-corrected chi connectivity index (χ0v) is 22.8. The third-order valence-electron chi connectivity index (χ3n) is 7.04. The van der Waals surface area contributed by atoms with Crippen LogP contribution < -0.4 is 15.4 Å². The minimum atomic E-state index is -0.0650. The molecule has 38 heavy (non-hydrogen) atoms. The molecule has 1 aliphatic carbocycles. The molecule has 0 spiro atoms. The van der Waals surface area contributed by atoms with E-state index in [1.54, 1.807) is 0 Å². The molecule has 5 nitrogen and oxygen atoms in total. The van der Waals surface area contributed by atoms with Gasteiger partial charge < -0.3 is 20.3 Å². The number of carbonyl (C=O) groups excluding carboxylic acids is 1. The first-order valence-electron chi connectivity index (χ1n) is 13.9. The summed E-state index contributed by atoms with van der Waals surface area (Å²) in [6.45, 7) is 2.08. The van der Waals surface area contributed by atoms with E-state index in [9.17, 15) is 4.79 Å². The number of nitrogens with zero attached hydrogens (tertiary/aromatic N) is 1. The zero-order valence-electron chi connectivity index (χ0n) is 22.8. The van der Waals surface area contributed by atoms with Crippen LogP contribution in [0.5, 0.6) is 5.75 Å². The normalized spacial score (nSPS) is 14.6. The number of nitrogens with one attached hydrogen (secondary N) is 2. The highest BCUT2D eigenvalue weighted by Crippen LogP contribution is 2.35. The van der Waals surface area contributed by atoms with E-state index >= 15 is 0 Å². The molecule has 0 aliphatic heterocycles. The zero-order chi connectivity index (χ0) is 26.6. The summed E-state index contributed by atoms with van der Waals surface area (Å²) in [7, 11) is 4.09. The molecule has 5 heteroatoms. The van der Waals surface area contributed by atoms with E-state index in [1.807, 2.05) is 38.4 Å². The molecule has 1 saturated carbocycles. The van der Waals surface area contributed by atoms with E-state index < -0.39 is 0 Å². The highest BCUT2D eigenvalue weighted by molar-refractivity contribution is 5.98. The Morgan fingerprint density at radius 1 is 0.816 bits per heavy atom. The fraction of sp³-hybridized carbons (Fsp3) is 0.364. The predicted molar refractivity (Wildman–Crippen MR) is 157 cm³/mol. The number of hydrogen-bond acceptors (Lipinski definition) is 3. The first kappa shape index (κ1) is 27.5. The van der Waals surface area contributed by atoms with Crippen molar-refractivity contribution in [2.75, 3.05) is 33.8 Å². The molecular formula is C33H41N3O2. The lowest BCUT2D eigenvalue weighted by Gasteiger charge is -2.23. The highest BCUT2D eigenvalue weighted by atomic mass is 16.5. The molecule has 0 aromatic heterocycles. The molecule has 0 saturated heterocycles. The van der Waals surface area contributed by atoms with Crippen LogP contribution in [0, 0.1) is 0 Å². The summed E-state index contributed by atoms with van der Waals surface area (Å²) >= 11 is 0. The lowest BCUT2D eigenvalue weighted by atomic mass is 9.88. The van der Waals surface area contributed by atoms with Crippen LogP contribution in [-0.2, 0) is 0 Å². The Kier molecular flexibility index (Phi) is 10.4. The molecule has 4 rings (SSSR count). The van der Waals surface area contributed by atoms with Gasteiger partial charge in [0.25, 0.3) is 0 Å². The maximum absolute atomic E-state index is 12.6. The van der Waals surface area contributed by atoms with Gasteiger partial charge in [-0.05, 0) is 73.3 Å². The Morgan fingerprint density at radius 2 is 1.42 bits per heavy atom. The van der Waals surface area contributed by atoms with Crippen molar-refractivity contribution >= 4 is 17.2 Å². The van der Waals surface area contributed by atoms with Gasteiger partial charge in [-0.1, -0.05) is 92.1 Å². The number of benzene rings is 3. The summed E-state index contributed by atoms with van der Waals surface area (Å²) in [6.07, 6.45) is 6.55. The molecule has 2 amide bonds. The first-order valence-corrected chi connectivity index (χ1v) is 13.9. The summed E-state index contributed by atoms with van der Waals surface area (Å²) in [6, 6.07) is 29.6. The molecule has 2 N–H and O–H groups in total. The van der Waals surface area contributed by atoms with E-state index in [1.165, 1.54) is 30.4 Å². The lowest BCUT2D eigenvalue weighted by Crippen LogP contribution is -2.43. The van der Waals surface area contributed by atoms with Crippen LogP contribution in [0.3, 0.4) is 0 Å². The lowest BCUT2D eigenvalue weighted by molar-refractivity contribution is 0.233. The van der Waals surface area contributed by atoms with Gasteiger partial charge in [-0.25, -0.2) is 4.79 Å². The monoisotopic (exact) mass is 511 g/mol. The summed E-state index contributed by atoms with van der Waals surface area (Å²) in [5, 5.41) is 6.29. The van der Waals surface area contributed by atoms with Gasteiger partial charge in [0.15, 0.2) is 0 Å². The Morgan fingerprint density at radius 3 is 2.05 bits per heavy atom. The van der Waals surface area contributed by atoms with Crippen molar-refractivity contribution in [1.29, 1.82) is 0 Å². The van der Waals surface area contributed by atoms with E-state index in [2.05, 4.69) is 76.2 Å². The summed E-state index contributed by atoms with van der Waals surface area (Å²) < 4.78 is 5.94. The molecule has 1 aliphatic rings. The maximum atomic E-state index is 12.6. The average molecular weight is 512 g/mol. The Hall–Kier alpha value is -3.57. The van der Waals surface area contributed by atoms with Crippen LogP contribution in [0.25, 0.3) is 11.1 Å². The minimum Gasteiger partial charge on any atom is -0.492 e. The topological polar surface area (TPSA) is 53.6 Å². The third kappa shape index (κ3) is 8.22. The molecule has 3 aromatic carbocycles. The van der Waals surface area contributed by atoms with Gasteiger partial charge in [0.05, 0.1) is 0 Å². The second kappa shape index (κ2) is 14.4. The van der Waals surface area contributed by atoms with E-state index in [-0.39, 0.29) is 6.03 Å². The minimum absolute atomic E-state index is 0.0650. The predicted octanol–water partition coefficient (Wildman–Crippen LogP) is 6.61. The number of carbonyl (C=O) groups is 1. The van der Waals surface area contributed by atoms with Crippen molar-refractivity contribution in [2.24, 2.45) is 0 Å². The SMILES string of the molecule is CN(C)CCOc1ccc(/C(=C(/CCNC(=O)NC2CCCCC2)c2ccccc2)c2ccccc2)cc1. The van der Waals surface area contributed by atoms with Gasteiger partial charge in [-0.2, -0.15) is 0 Å². The van der Waals surface area contributed by atoms with Gasteiger partial charge in [0.2, 0.25) is 0 Å². The molecular weight excluding hydrogens is 470 g/mol. The molecule has 1 fully saturated rings. The van der Waals surface area contributed by atoms with Crippen LogP contribution in [-0.4, -0.2) is 50.8 Å². The molecule has 200 valence electrons. The van der Waals surface area contributed by atoms with Gasteiger partial charge in [0.1, 0.15) is 12.4 Å². The van der Waals surface area contributed by atoms with Gasteiger partial charge in [-0.15, -0.1) is 0 Å². The van der Waals surface area contributed by atoms with Crippen molar-refractivity contribution in [2.45, 2.75) is 44.6 Å². The molecule has 0 unspecified atom stereocenters. The first-order chi connectivity index (χ1) is 18.6. The van der Waals surface area contributed by atoms with Crippen LogP contribution in [0.15, 0.2) is 84.9 Å². The van der Waals surface area contributed by atoms with Crippen LogP contribution in [0.2, 0.25) is 0 Å². The van der Waals surface area contributed by atoms with Gasteiger partial charge >= 0.3 is 6.03 Å². The molecule has 0 bridgehead atoms. The van der Waals surface area contributed by atoms with E-state index in [0.717, 1.165) is 41.8 Å². The number of amides is 2. The van der Waals surface area contributed by atoms with Crippen molar-refractivity contribution < 1.29 is 9.53 Å². The summed E-state index contributed by atoms with van der Waals surface area (Å²) in [5.41, 5.74) is 5.82. The van der Waals surface area contributed by atoms with Crippen molar-refractivity contribution in [1.82, 2.24) is 15.5 Å². The second-order valence-electron chi connectivity index (χ2n) is 10.2. The van der Waals surface area contributed by atoms with Crippen molar-refractivity contribution in [3.8, 4) is 5.75 Å². The maximum Gasteiger partial charge on any atom is 0.315 e. The van der Waals surface area contributed by atoms with E-state index in [0.29, 0.717) is 25.6 Å². The largest absolute Gasteiger partial charge is 0.492 e. The number of rotatable bonds is 11. The summed E-state index contributed by atoms with van der Waals surface area (Å²) in [5.74, 6) is 0.866. The van der Waals surface area contributed by atoms with Gasteiger partial charge in [0, 0.05) is 19.1 Å². The van der Waals surface area contributed by atoms with Crippen molar-refractivity contribution in [3.63, 3.8) is 0 Å². The Labute approximate surface area is 227 Å². The van der Waals surface area contributed by atoms with Crippen LogP contribution >= 0.6 is 0 Å². The average Bonchev–Trinajstić information content (AvgIpc) is 2.94. The fourth-order valence-electron chi connectivity index (χ4n) is 5.02. The number of ether oxygens (including phenoxy) is 1. The third-order valence-corrected chi connectivity index (χ3v) is 7.04. The molecule has 0 atom stereocenters. The number of hydrogen-bond donors (Lipinski definition) is 2.